The molecular weight excluding hydrogens is 257 g/mol. The van der Waals surface area contributed by atoms with Crippen LogP contribution in [0.15, 0.2) is 0 Å². The van der Waals surface area contributed by atoms with Crippen LogP contribution in [0.5, 0.6) is 0 Å². The first-order valence-corrected chi connectivity index (χ1v) is 7.17. The van der Waals surface area contributed by atoms with Crippen LogP contribution in [0.4, 0.5) is 13.2 Å². The molecule has 0 bridgehead atoms. The highest BCUT2D eigenvalue weighted by Gasteiger charge is 2.27. The van der Waals surface area contributed by atoms with Gasteiger partial charge >= 0.3 is 6.18 Å². The van der Waals surface area contributed by atoms with Gasteiger partial charge in [-0.3, -0.25) is 0 Å². The second-order valence-corrected chi connectivity index (χ2v) is 5.61. The molecule has 8 heteroatoms. The van der Waals surface area contributed by atoms with Crippen molar-refractivity contribution in [1.29, 1.82) is 0 Å². The molecule has 0 unspecified atom stereocenters. The smallest absolute Gasteiger partial charge is 0.315 e. The molecule has 0 saturated carbocycles. The summed E-state index contributed by atoms with van der Waals surface area (Å²) in [6, 6.07) is 0. The first-order chi connectivity index (χ1) is 7.77. The quantitative estimate of drug-likeness (QED) is 0.623. The maximum absolute atomic E-state index is 11.8. The van der Waals surface area contributed by atoms with E-state index in [0.29, 0.717) is 6.54 Å². The van der Waals surface area contributed by atoms with Gasteiger partial charge in [0.15, 0.2) is 0 Å². The molecule has 0 aromatic rings. The van der Waals surface area contributed by atoms with Crippen molar-refractivity contribution in [1.82, 2.24) is 10.0 Å². The van der Waals surface area contributed by atoms with E-state index in [0.717, 1.165) is 13.0 Å². The molecule has 17 heavy (non-hydrogen) atoms. The lowest BCUT2D eigenvalue weighted by molar-refractivity contribution is -0.134. The maximum Gasteiger partial charge on any atom is 0.389 e. The molecule has 0 radical (unpaired) electrons. The van der Waals surface area contributed by atoms with E-state index < -0.39 is 34.8 Å². The average molecular weight is 276 g/mol. The highest BCUT2D eigenvalue weighted by molar-refractivity contribution is 7.89. The van der Waals surface area contributed by atoms with Crippen LogP contribution in [0.1, 0.15) is 26.2 Å². The fourth-order valence-electron chi connectivity index (χ4n) is 1.13. The van der Waals surface area contributed by atoms with Gasteiger partial charge < -0.3 is 5.32 Å². The van der Waals surface area contributed by atoms with Gasteiger partial charge in [-0.15, -0.1) is 0 Å². The SMILES string of the molecule is CCCNCCNS(=O)(=O)CCCC(F)(F)F. The molecule has 0 heterocycles. The zero-order valence-corrected chi connectivity index (χ0v) is 10.6. The van der Waals surface area contributed by atoms with E-state index in [1.54, 1.807) is 0 Å². The van der Waals surface area contributed by atoms with Gasteiger partial charge in [0.2, 0.25) is 10.0 Å². The fourth-order valence-corrected chi connectivity index (χ4v) is 2.21. The number of rotatable bonds is 9. The van der Waals surface area contributed by atoms with Crippen LogP contribution in [0, 0.1) is 0 Å². The first-order valence-electron chi connectivity index (χ1n) is 5.51. The van der Waals surface area contributed by atoms with Gasteiger partial charge in [-0.25, -0.2) is 13.1 Å². The van der Waals surface area contributed by atoms with Crippen molar-refractivity contribution in [3.8, 4) is 0 Å². The highest BCUT2D eigenvalue weighted by atomic mass is 32.2. The third-order valence-corrected chi connectivity index (χ3v) is 3.39. The second-order valence-electron chi connectivity index (χ2n) is 3.68. The van der Waals surface area contributed by atoms with Gasteiger partial charge in [-0.2, -0.15) is 13.2 Å². The van der Waals surface area contributed by atoms with Crippen LogP contribution < -0.4 is 10.0 Å². The molecule has 0 aliphatic carbocycles. The Bertz CT molecular complexity index is 291. The Kier molecular flexibility index (Phi) is 7.73. The Balaban J connectivity index is 3.67. The van der Waals surface area contributed by atoms with Crippen molar-refractivity contribution in [2.75, 3.05) is 25.4 Å². The molecule has 0 amide bonds. The summed E-state index contributed by atoms with van der Waals surface area (Å²) in [5, 5.41) is 2.98. The summed E-state index contributed by atoms with van der Waals surface area (Å²) in [5.41, 5.74) is 0. The normalized spacial score (nSPS) is 12.9. The minimum absolute atomic E-state index is 0.203. The lowest BCUT2D eigenvalue weighted by atomic mass is 10.3. The minimum atomic E-state index is -4.29. The summed E-state index contributed by atoms with van der Waals surface area (Å²) in [7, 11) is -3.58. The van der Waals surface area contributed by atoms with Gasteiger partial charge in [0.1, 0.15) is 0 Å². The van der Waals surface area contributed by atoms with Gasteiger partial charge in [-0.1, -0.05) is 6.92 Å². The summed E-state index contributed by atoms with van der Waals surface area (Å²) < 4.78 is 60.1. The Morgan fingerprint density at radius 3 is 2.29 bits per heavy atom. The maximum atomic E-state index is 11.8. The second kappa shape index (κ2) is 7.88. The predicted molar refractivity (Wildman–Crippen MR) is 60.2 cm³/mol. The van der Waals surface area contributed by atoms with E-state index in [1.807, 2.05) is 6.92 Å². The summed E-state index contributed by atoms with van der Waals surface area (Å²) in [6.07, 6.45) is -4.82. The third-order valence-electron chi connectivity index (χ3n) is 1.92. The van der Waals surface area contributed by atoms with Crippen molar-refractivity contribution in [3.05, 3.63) is 0 Å². The Morgan fingerprint density at radius 2 is 1.76 bits per heavy atom. The lowest BCUT2D eigenvalue weighted by Crippen LogP contribution is -2.33. The molecule has 0 aromatic heterocycles. The molecule has 0 aliphatic heterocycles. The molecular formula is C9H19F3N2O2S. The van der Waals surface area contributed by atoms with E-state index in [4.69, 9.17) is 0 Å². The number of alkyl halides is 3. The highest BCUT2D eigenvalue weighted by Crippen LogP contribution is 2.21. The number of sulfonamides is 1. The van der Waals surface area contributed by atoms with Crippen molar-refractivity contribution < 1.29 is 21.6 Å². The monoisotopic (exact) mass is 276 g/mol. The van der Waals surface area contributed by atoms with Crippen molar-refractivity contribution in [2.45, 2.75) is 32.4 Å². The third kappa shape index (κ3) is 11.9. The summed E-state index contributed by atoms with van der Waals surface area (Å²) in [4.78, 5) is 0. The number of hydrogen-bond donors (Lipinski definition) is 2. The zero-order chi connectivity index (χ0) is 13.4. The predicted octanol–water partition coefficient (Wildman–Crippen LogP) is 1.25. The number of halogens is 3. The number of nitrogens with one attached hydrogen (secondary N) is 2. The van der Waals surface area contributed by atoms with Gasteiger partial charge in [-0.05, 0) is 19.4 Å². The fraction of sp³-hybridized carbons (Fsp3) is 1.00. The lowest BCUT2D eigenvalue weighted by Gasteiger charge is -2.08. The molecule has 0 spiro atoms. The molecule has 0 atom stereocenters. The van der Waals surface area contributed by atoms with Gasteiger partial charge in [0.25, 0.3) is 0 Å². The summed E-state index contributed by atoms with van der Waals surface area (Å²) in [6.45, 7) is 3.45. The van der Waals surface area contributed by atoms with E-state index in [9.17, 15) is 21.6 Å². The summed E-state index contributed by atoms with van der Waals surface area (Å²) >= 11 is 0. The Labute approximate surface area is 100 Å². The van der Waals surface area contributed by atoms with Crippen molar-refractivity contribution in [3.63, 3.8) is 0 Å². The summed E-state index contributed by atoms with van der Waals surface area (Å²) in [5.74, 6) is -0.486. The van der Waals surface area contributed by atoms with Gasteiger partial charge in [0.05, 0.1) is 5.75 Å². The van der Waals surface area contributed by atoms with Crippen LogP contribution in [0.2, 0.25) is 0 Å². The molecule has 0 saturated heterocycles. The van der Waals surface area contributed by atoms with Crippen LogP contribution in [0.25, 0.3) is 0 Å². The first kappa shape index (κ1) is 16.7. The van der Waals surface area contributed by atoms with Gasteiger partial charge in [0, 0.05) is 19.5 Å². The molecule has 2 N–H and O–H groups in total. The van der Waals surface area contributed by atoms with Crippen LogP contribution in [-0.4, -0.2) is 40.0 Å². The van der Waals surface area contributed by atoms with Crippen LogP contribution >= 0.6 is 0 Å². The molecule has 0 fully saturated rings. The van der Waals surface area contributed by atoms with Crippen LogP contribution in [0.3, 0.4) is 0 Å². The van der Waals surface area contributed by atoms with E-state index >= 15 is 0 Å². The molecule has 0 aromatic carbocycles. The van der Waals surface area contributed by atoms with Crippen LogP contribution in [-0.2, 0) is 10.0 Å². The topological polar surface area (TPSA) is 58.2 Å². The Hall–Kier alpha value is -0.340. The molecule has 0 rings (SSSR count). The van der Waals surface area contributed by atoms with Crippen molar-refractivity contribution >= 4 is 10.0 Å². The van der Waals surface area contributed by atoms with E-state index in [1.165, 1.54) is 0 Å². The molecule has 4 nitrogen and oxygen atoms in total. The standard InChI is InChI=1S/C9H19F3N2O2S/c1-2-5-13-6-7-14-17(15,16)8-3-4-9(10,11)12/h13-14H,2-8H2,1H3. The largest absolute Gasteiger partial charge is 0.389 e. The zero-order valence-electron chi connectivity index (χ0n) is 9.81. The van der Waals surface area contributed by atoms with Crippen molar-refractivity contribution in [2.24, 2.45) is 0 Å². The van der Waals surface area contributed by atoms with E-state index in [-0.39, 0.29) is 6.54 Å². The molecule has 104 valence electrons. The minimum Gasteiger partial charge on any atom is -0.315 e. The van der Waals surface area contributed by atoms with E-state index in [2.05, 4.69) is 10.0 Å². The molecule has 0 aliphatic rings. The Morgan fingerprint density at radius 1 is 1.12 bits per heavy atom. The average Bonchev–Trinajstić information content (AvgIpc) is 2.14. The number of hydrogen-bond acceptors (Lipinski definition) is 3.